The third-order valence-corrected chi connectivity index (χ3v) is 2.84. The van der Waals surface area contributed by atoms with Gasteiger partial charge in [0.25, 0.3) is 0 Å². The number of hydrogen-bond donors (Lipinski definition) is 1. The van der Waals surface area contributed by atoms with Crippen molar-refractivity contribution in [2.24, 2.45) is 5.92 Å². The minimum Gasteiger partial charge on any atom is -0.312 e. The second kappa shape index (κ2) is 3.47. The molecule has 1 fully saturated rings. The van der Waals surface area contributed by atoms with E-state index in [9.17, 15) is 0 Å². The lowest BCUT2D eigenvalue weighted by molar-refractivity contribution is 0.437. The molecule has 0 aromatic rings. The van der Waals surface area contributed by atoms with E-state index in [1.54, 1.807) is 0 Å². The van der Waals surface area contributed by atoms with Crippen molar-refractivity contribution in [3.8, 4) is 0 Å². The van der Waals surface area contributed by atoms with Gasteiger partial charge in [-0.25, -0.2) is 0 Å². The van der Waals surface area contributed by atoms with Gasteiger partial charge in [-0.1, -0.05) is 13.8 Å². The third-order valence-electron chi connectivity index (χ3n) is 1.76. The first-order valence-electron chi connectivity index (χ1n) is 3.62. The van der Waals surface area contributed by atoms with Crippen LogP contribution >= 0.6 is 11.8 Å². The molecule has 1 heterocycles. The second-order valence-electron chi connectivity index (χ2n) is 2.88. The van der Waals surface area contributed by atoms with E-state index in [0.29, 0.717) is 0 Å². The van der Waals surface area contributed by atoms with Gasteiger partial charge in [0.05, 0.1) is 0 Å². The van der Waals surface area contributed by atoms with Crippen molar-refractivity contribution in [3.05, 3.63) is 0 Å². The van der Waals surface area contributed by atoms with Gasteiger partial charge < -0.3 is 5.32 Å². The molecule has 1 rings (SSSR count). The van der Waals surface area contributed by atoms with Gasteiger partial charge in [0.15, 0.2) is 0 Å². The zero-order valence-corrected chi connectivity index (χ0v) is 7.00. The van der Waals surface area contributed by atoms with Crippen molar-refractivity contribution in [2.75, 3.05) is 18.1 Å². The van der Waals surface area contributed by atoms with Crippen LogP contribution in [0.15, 0.2) is 0 Å². The smallest absolute Gasteiger partial charge is 0.0181 e. The van der Waals surface area contributed by atoms with Crippen molar-refractivity contribution in [2.45, 2.75) is 19.9 Å². The zero-order valence-electron chi connectivity index (χ0n) is 6.18. The first-order valence-corrected chi connectivity index (χ1v) is 4.77. The van der Waals surface area contributed by atoms with Crippen molar-refractivity contribution < 1.29 is 0 Å². The molecule has 1 N–H and O–H groups in total. The molecule has 1 nitrogen and oxygen atoms in total. The Hall–Kier alpha value is 0.310. The van der Waals surface area contributed by atoms with E-state index in [2.05, 4.69) is 30.9 Å². The van der Waals surface area contributed by atoms with Gasteiger partial charge in [-0.05, 0) is 5.92 Å². The average molecular weight is 145 g/mol. The molecule has 0 spiro atoms. The highest BCUT2D eigenvalue weighted by molar-refractivity contribution is 7.99. The SMILES string of the molecule is CC(C)C1CSCCN1. The lowest BCUT2D eigenvalue weighted by atomic mass is 10.1. The predicted molar refractivity (Wildman–Crippen MR) is 44.0 cm³/mol. The minimum atomic E-state index is 0.767. The molecule has 9 heavy (non-hydrogen) atoms. The van der Waals surface area contributed by atoms with E-state index >= 15 is 0 Å². The topological polar surface area (TPSA) is 12.0 Å². The molecule has 0 radical (unpaired) electrons. The molecule has 1 atom stereocenters. The first kappa shape index (κ1) is 7.42. The summed E-state index contributed by atoms with van der Waals surface area (Å²) in [5.74, 6) is 3.40. The molecule has 54 valence electrons. The largest absolute Gasteiger partial charge is 0.312 e. The lowest BCUT2D eigenvalue weighted by Crippen LogP contribution is -2.40. The summed E-state index contributed by atoms with van der Waals surface area (Å²) in [7, 11) is 0. The summed E-state index contributed by atoms with van der Waals surface area (Å²) in [4.78, 5) is 0. The fourth-order valence-electron chi connectivity index (χ4n) is 1.01. The molecule has 0 aromatic carbocycles. The molecular weight excluding hydrogens is 130 g/mol. The highest BCUT2D eigenvalue weighted by Gasteiger charge is 2.15. The molecule has 1 aliphatic rings. The molecule has 1 aliphatic heterocycles. The van der Waals surface area contributed by atoms with E-state index in [4.69, 9.17) is 0 Å². The van der Waals surface area contributed by atoms with Crippen LogP contribution in [0.1, 0.15) is 13.8 Å². The Morgan fingerprint density at radius 2 is 2.33 bits per heavy atom. The van der Waals surface area contributed by atoms with Crippen LogP contribution in [0, 0.1) is 5.92 Å². The summed E-state index contributed by atoms with van der Waals surface area (Å²) in [6.07, 6.45) is 0. The van der Waals surface area contributed by atoms with Crippen LogP contribution in [-0.2, 0) is 0 Å². The maximum atomic E-state index is 3.50. The zero-order chi connectivity index (χ0) is 6.69. The molecule has 1 saturated heterocycles. The Balaban J connectivity index is 2.23. The van der Waals surface area contributed by atoms with Gasteiger partial charge in [0.2, 0.25) is 0 Å². The van der Waals surface area contributed by atoms with E-state index in [1.165, 1.54) is 18.1 Å². The highest BCUT2D eigenvalue weighted by Crippen LogP contribution is 2.13. The highest BCUT2D eigenvalue weighted by atomic mass is 32.2. The van der Waals surface area contributed by atoms with Crippen LogP contribution < -0.4 is 5.32 Å². The fraction of sp³-hybridized carbons (Fsp3) is 1.00. The Bertz CT molecular complexity index is 77.0. The normalized spacial score (nSPS) is 29.0. The van der Waals surface area contributed by atoms with Gasteiger partial charge in [0, 0.05) is 24.1 Å². The number of hydrogen-bond acceptors (Lipinski definition) is 2. The van der Waals surface area contributed by atoms with Crippen molar-refractivity contribution in [1.82, 2.24) is 5.32 Å². The van der Waals surface area contributed by atoms with Crippen LogP contribution in [0.2, 0.25) is 0 Å². The summed E-state index contributed by atoms with van der Waals surface area (Å²) in [5.41, 5.74) is 0. The summed E-state index contributed by atoms with van der Waals surface area (Å²) in [6.45, 7) is 5.76. The minimum absolute atomic E-state index is 0.767. The summed E-state index contributed by atoms with van der Waals surface area (Å²) in [6, 6.07) is 0.767. The van der Waals surface area contributed by atoms with E-state index in [1.807, 2.05) is 0 Å². The van der Waals surface area contributed by atoms with E-state index < -0.39 is 0 Å². The number of thioether (sulfide) groups is 1. The van der Waals surface area contributed by atoms with E-state index in [0.717, 1.165) is 12.0 Å². The van der Waals surface area contributed by atoms with Crippen molar-refractivity contribution >= 4 is 11.8 Å². The molecule has 0 amide bonds. The Kier molecular flexibility index (Phi) is 2.86. The maximum absolute atomic E-state index is 3.50. The molecular formula is C7H15NS. The monoisotopic (exact) mass is 145 g/mol. The van der Waals surface area contributed by atoms with Gasteiger partial charge in [-0.2, -0.15) is 11.8 Å². The molecule has 0 saturated carbocycles. The van der Waals surface area contributed by atoms with Crippen LogP contribution in [0.4, 0.5) is 0 Å². The molecule has 0 bridgehead atoms. The number of rotatable bonds is 1. The van der Waals surface area contributed by atoms with Crippen molar-refractivity contribution in [1.29, 1.82) is 0 Å². The summed E-state index contributed by atoms with van der Waals surface area (Å²) < 4.78 is 0. The van der Waals surface area contributed by atoms with Crippen LogP contribution in [0.5, 0.6) is 0 Å². The standard InChI is InChI=1S/C7H15NS/c1-6(2)7-5-9-4-3-8-7/h6-8H,3-5H2,1-2H3. The molecule has 1 unspecified atom stereocenters. The van der Waals surface area contributed by atoms with Crippen molar-refractivity contribution in [3.63, 3.8) is 0 Å². The van der Waals surface area contributed by atoms with Gasteiger partial charge in [-0.15, -0.1) is 0 Å². The Morgan fingerprint density at radius 1 is 1.56 bits per heavy atom. The number of nitrogens with one attached hydrogen (secondary N) is 1. The second-order valence-corrected chi connectivity index (χ2v) is 4.03. The van der Waals surface area contributed by atoms with Gasteiger partial charge in [0.1, 0.15) is 0 Å². The molecule has 0 aliphatic carbocycles. The predicted octanol–water partition coefficient (Wildman–Crippen LogP) is 1.35. The molecule has 0 aromatic heterocycles. The summed E-state index contributed by atoms with van der Waals surface area (Å²) >= 11 is 2.07. The van der Waals surface area contributed by atoms with Crippen LogP contribution in [0.25, 0.3) is 0 Å². The molecule has 2 heteroatoms. The quantitative estimate of drug-likeness (QED) is 0.597. The third kappa shape index (κ3) is 2.18. The fourth-order valence-corrected chi connectivity index (χ4v) is 2.20. The van der Waals surface area contributed by atoms with Crippen LogP contribution in [0.3, 0.4) is 0 Å². The Morgan fingerprint density at radius 3 is 2.67 bits per heavy atom. The summed E-state index contributed by atoms with van der Waals surface area (Å²) in [5, 5.41) is 3.50. The van der Waals surface area contributed by atoms with Crippen LogP contribution in [-0.4, -0.2) is 24.1 Å². The van der Waals surface area contributed by atoms with E-state index in [-0.39, 0.29) is 0 Å². The lowest BCUT2D eigenvalue weighted by Gasteiger charge is -2.26. The maximum Gasteiger partial charge on any atom is 0.0181 e. The average Bonchev–Trinajstić information content (AvgIpc) is 1.90. The first-order chi connectivity index (χ1) is 4.30. The Labute approximate surface area is 61.6 Å². The van der Waals surface area contributed by atoms with Gasteiger partial charge >= 0.3 is 0 Å². The van der Waals surface area contributed by atoms with Gasteiger partial charge in [-0.3, -0.25) is 0 Å².